The maximum Gasteiger partial charge on any atom is 0.246 e. The molecule has 1 spiro atoms. The summed E-state index contributed by atoms with van der Waals surface area (Å²) in [6.07, 6.45) is 3.93. The van der Waals surface area contributed by atoms with Crippen LogP contribution in [-0.4, -0.2) is 142 Å². The third-order valence-corrected chi connectivity index (χ3v) is 16.6. The number of nitrogens with two attached hydrogens (primary N) is 4. The van der Waals surface area contributed by atoms with Crippen LogP contribution >= 0.6 is 21.6 Å². The molecule has 2 saturated heterocycles. The molecule has 414 valence electrons. The highest BCUT2D eigenvalue weighted by molar-refractivity contribution is 8.77. The minimum Gasteiger partial charge on any atom is -0.370 e. The Kier molecular flexibility index (Phi) is 23.2. The average molecular weight is 1090 g/mol. The van der Waals surface area contributed by atoms with Crippen molar-refractivity contribution in [2.45, 2.75) is 144 Å². The van der Waals surface area contributed by atoms with Crippen molar-refractivity contribution in [1.82, 2.24) is 42.1 Å². The number of benzene rings is 2. The molecule has 0 bridgehead atoms. The van der Waals surface area contributed by atoms with Crippen LogP contribution in [0.15, 0.2) is 65.7 Å². The number of carbonyl (C=O) groups excluding carboxylic acids is 10. The highest BCUT2D eigenvalue weighted by Crippen LogP contribution is 2.48. The summed E-state index contributed by atoms with van der Waals surface area (Å²) in [6.45, 7) is 3.00. The van der Waals surface area contributed by atoms with E-state index in [-0.39, 0.29) is 63.3 Å². The first-order valence-electron chi connectivity index (χ1n) is 25.6. The van der Waals surface area contributed by atoms with Gasteiger partial charge in [0, 0.05) is 42.9 Å². The number of amides is 10. The topological polar surface area (TPSA) is 375 Å². The van der Waals surface area contributed by atoms with E-state index in [0.29, 0.717) is 24.8 Å². The first kappa shape index (κ1) is 60.0. The summed E-state index contributed by atoms with van der Waals surface area (Å²) in [5, 5.41) is 19.0. The summed E-state index contributed by atoms with van der Waals surface area (Å²) in [7, 11) is 2.60. The molecule has 5 rings (SSSR count). The summed E-state index contributed by atoms with van der Waals surface area (Å²) < 4.78 is -0.690. The van der Waals surface area contributed by atoms with Crippen LogP contribution in [0.2, 0.25) is 0 Å². The first-order chi connectivity index (χ1) is 36.2. The number of hydrogen-bond acceptors (Lipinski definition) is 13. The number of guanidine groups is 1. The molecule has 25 heteroatoms. The smallest absolute Gasteiger partial charge is 0.246 e. The van der Waals surface area contributed by atoms with Crippen LogP contribution in [0.25, 0.3) is 0 Å². The van der Waals surface area contributed by atoms with Gasteiger partial charge in [0.05, 0.1) is 13.0 Å². The van der Waals surface area contributed by atoms with E-state index in [1.54, 1.807) is 44.2 Å². The van der Waals surface area contributed by atoms with Crippen molar-refractivity contribution in [2.24, 2.45) is 33.8 Å². The van der Waals surface area contributed by atoms with Crippen molar-refractivity contribution in [3.05, 3.63) is 71.8 Å². The van der Waals surface area contributed by atoms with Gasteiger partial charge in [-0.25, -0.2) is 0 Å². The summed E-state index contributed by atoms with van der Waals surface area (Å²) in [6, 6.07) is 8.97. The second-order valence-electron chi connectivity index (χ2n) is 19.8. The first-order valence-corrected chi connectivity index (χ1v) is 28.0. The molecule has 23 nitrogen and oxygen atoms in total. The number of nitrogens with one attached hydrogen (secondary N) is 7. The zero-order valence-corrected chi connectivity index (χ0v) is 44.6. The van der Waals surface area contributed by atoms with E-state index >= 15 is 0 Å². The van der Waals surface area contributed by atoms with Gasteiger partial charge in [0.1, 0.15) is 42.3 Å². The van der Waals surface area contributed by atoms with Crippen molar-refractivity contribution >= 4 is 86.6 Å². The zero-order valence-electron chi connectivity index (χ0n) is 43.0. The summed E-state index contributed by atoms with van der Waals surface area (Å²) in [5.74, 6) is -8.39. The van der Waals surface area contributed by atoms with Gasteiger partial charge in [-0.05, 0) is 55.6 Å². The third-order valence-electron chi connectivity index (χ3n) is 13.3. The molecular formula is C51H73N13O10S2. The minimum atomic E-state index is -1.65. The van der Waals surface area contributed by atoms with Crippen molar-refractivity contribution in [3.63, 3.8) is 0 Å². The molecule has 7 atom stereocenters. The number of nitrogens with zero attached hydrogens (tertiary/aromatic N) is 2. The average Bonchev–Trinajstić information content (AvgIpc) is 3.87. The Balaban J connectivity index is 1.51. The Labute approximate surface area is 450 Å². The van der Waals surface area contributed by atoms with E-state index < -0.39 is 125 Å². The fraction of sp³-hybridized carbons (Fsp3) is 0.549. The van der Waals surface area contributed by atoms with Crippen LogP contribution in [-0.2, 0) is 60.8 Å². The van der Waals surface area contributed by atoms with E-state index in [1.165, 1.54) is 26.5 Å². The van der Waals surface area contributed by atoms with E-state index in [1.807, 2.05) is 30.3 Å². The number of aliphatic imine (C=N–C) groups is 1. The van der Waals surface area contributed by atoms with Crippen LogP contribution in [0.3, 0.4) is 0 Å². The lowest BCUT2D eigenvalue weighted by atomic mass is 9.85. The second kappa shape index (κ2) is 29.4. The van der Waals surface area contributed by atoms with Gasteiger partial charge in [0.15, 0.2) is 5.96 Å². The van der Waals surface area contributed by atoms with Gasteiger partial charge in [0.2, 0.25) is 59.1 Å². The molecule has 15 N–H and O–H groups in total. The van der Waals surface area contributed by atoms with Crippen LogP contribution in [0, 0.1) is 5.92 Å². The summed E-state index contributed by atoms with van der Waals surface area (Å²) >= 11 is 0. The lowest BCUT2D eigenvalue weighted by molar-refractivity contribution is -0.142. The lowest BCUT2D eigenvalue weighted by Gasteiger charge is -2.37. The fourth-order valence-corrected chi connectivity index (χ4v) is 12.8. The molecule has 0 radical (unpaired) electrons. The van der Waals surface area contributed by atoms with Gasteiger partial charge < -0.3 is 65.1 Å². The highest BCUT2D eigenvalue weighted by Gasteiger charge is 2.42. The van der Waals surface area contributed by atoms with Gasteiger partial charge >= 0.3 is 0 Å². The molecule has 0 aromatic heterocycles. The Morgan fingerprint density at radius 3 is 1.92 bits per heavy atom. The molecule has 1 aliphatic carbocycles. The number of primary amides is 2. The van der Waals surface area contributed by atoms with E-state index in [0.717, 1.165) is 24.8 Å². The second-order valence-corrected chi connectivity index (χ2v) is 22.6. The molecule has 2 aromatic carbocycles. The standard InChI is InChI=1S/C51H73N13O10S2/c1-30(2)42-48(73)61-36(26-39(52)65)45(70)62-37(49(74)64-23-13-19-38(64)47(72)59-33(18-12-22-56-50(54)55)43(68)57-28-40(53)66)29-75-76-51(20-10-5-11-21-51)27-41(67)58-34(24-31-14-6-3-7-15-31)44(69)60-35(46(71)63-42)25-32-16-8-4-9-17-32/h3-4,6-9,14-17,30,33-38,42H,5,10-13,18-29H2,1-2H3,(H2,52,65)(H2,53,66)(H,57,68)(H,58,67)(H,59,72)(H,60,69)(H,61,73)(H,62,70)(H,63,71)(H4,54,55,56)/t33-,34+,35-,36-,37-,38-,42-/m0/s1. The van der Waals surface area contributed by atoms with Gasteiger partial charge in [-0.2, -0.15) is 0 Å². The lowest BCUT2D eigenvalue weighted by Crippen LogP contribution is -2.61. The molecule has 0 unspecified atom stereocenters. The Morgan fingerprint density at radius 1 is 0.737 bits per heavy atom. The number of likely N-dealkylation sites (tertiary alicyclic amines) is 1. The Bertz CT molecular complexity index is 2410. The predicted octanol–water partition coefficient (Wildman–Crippen LogP) is -0.954. The van der Waals surface area contributed by atoms with Crippen LogP contribution in [0.1, 0.15) is 95.6 Å². The third kappa shape index (κ3) is 18.7. The molecule has 1 saturated carbocycles. The monoisotopic (exact) mass is 1090 g/mol. The number of carbonyl (C=O) groups is 10. The highest BCUT2D eigenvalue weighted by atomic mass is 33.1. The van der Waals surface area contributed by atoms with Crippen LogP contribution in [0.4, 0.5) is 0 Å². The van der Waals surface area contributed by atoms with Gasteiger partial charge in [-0.3, -0.25) is 52.9 Å². The number of hydrogen-bond donors (Lipinski definition) is 11. The van der Waals surface area contributed by atoms with Crippen molar-refractivity contribution in [2.75, 3.05) is 25.4 Å². The van der Waals surface area contributed by atoms with Gasteiger partial charge in [-0.15, -0.1) is 0 Å². The summed E-state index contributed by atoms with van der Waals surface area (Å²) in [4.78, 5) is 144. The van der Waals surface area contributed by atoms with Gasteiger partial charge in [0.25, 0.3) is 0 Å². The maximum absolute atomic E-state index is 14.9. The normalized spacial score (nSPS) is 23.4. The van der Waals surface area contributed by atoms with E-state index in [9.17, 15) is 47.9 Å². The molecule has 2 heterocycles. The molecule has 3 fully saturated rings. The molecular weight excluding hydrogens is 1020 g/mol. The molecule has 2 aliphatic heterocycles. The zero-order chi connectivity index (χ0) is 55.4. The molecule has 10 amide bonds. The van der Waals surface area contributed by atoms with Gasteiger partial charge in [-0.1, -0.05) is 115 Å². The fourth-order valence-electron chi connectivity index (χ4n) is 9.39. The predicted molar refractivity (Wildman–Crippen MR) is 288 cm³/mol. The Morgan fingerprint density at radius 2 is 1.33 bits per heavy atom. The maximum atomic E-state index is 14.9. The molecule has 76 heavy (non-hydrogen) atoms. The Hall–Kier alpha value is -6.89. The number of rotatable bonds is 17. The van der Waals surface area contributed by atoms with E-state index in [2.05, 4.69) is 42.2 Å². The van der Waals surface area contributed by atoms with Crippen molar-refractivity contribution < 1.29 is 47.9 Å². The van der Waals surface area contributed by atoms with E-state index in [4.69, 9.17) is 22.9 Å². The SMILES string of the molecule is CC(C)[C@@H]1NC(=O)[C@H](Cc2ccccc2)NC(=O)[C@@H](Cc2ccccc2)NC(=O)CC2(CCCCC2)SSC[C@@H](C(=O)N2CCC[C@H]2C(=O)N[C@@H](CCCN=C(N)N)C(=O)NCC(N)=O)NC(=O)[C@H](CC(N)=O)NC1=O. The summed E-state index contributed by atoms with van der Waals surface area (Å²) in [5.41, 5.74) is 23.2. The van der Waals surface area contributed by atoms with Crippen molar-refractivity contribution in [1.29, 1.82) is 0 Å². The van der Waals surface area contributed by atoms with Crippen molar-refractivity contribution in [3.8, 4) is 0 Å². The quantitative estimate of drug-likeness (QED) is 0.0394. The molecule has 2 aromatic rings. The van der Waals surface area contributed by atoms with Crippen LogP contribution < -0.4 is 60.2 Å². The molecule has 3 aliphatic rings. The largest absolute Gasteiger partial charge is 0.370 e. The minimum absolute atomic E-state index is 0.00303. The van der Waals surface area contributed by atoms with Crippen LogP contribution in [0.5, 0.6) is 0 Å².